The molecule has 1 aromatic rings. The lowest BCUT2D eigenvalue weighted by molar-refractivity contribution is -0.163. The molecule has 2 bridgehead atoms. The molecule has 5 rings (SSSR count). The van der Waals surface area contributed by atoms with E-state index in [0.717, 1.165) is 17.7 Å². The number of rotatable bonds is 9. The first-order chi connectivity index (χ1) is 18.5. The van der Waals surface area contributed by atoms with E-state index >= 15 is 0 Å². The van der Waals surface area contributed by atoms with Crippen LogP contribution in [0.15, 0.2) is 24.0 Å². The zero-order valence-corrected chi connectivity index (χ0v) is 22.7. The van der Waals surface area contributed by atoms with Crippen LogP contribution in [0.2, 0.25) is 0 Å². The number of methoxy groups -OCH3 is 1. The van der Waals surface area contributed by atoms with Crippen molar-refractivity contribution in [3.63, 3.8) is 0 Å². The minimum atomic E-state index is -1.11. The van der Waals surface area contributed by atoms with Gasteiger partial charge in [0.25, 0.3) is 0 Å². The van der Waals surface area contributed by atoms with Crippen molar-refractivity contribution >= 4 is 18.0 Å². The van der Waals surface area contributed by atoms with Crippen LogP contribution in [0.5, 0.6) is 11.5 Å². The van der Waals surface area contributed by atoms with Crippen molar-refractivity contribution in [2.45, 2.75) is 75.2 Å². The fourth-order valence-electron chi connectivity index (χ4n) is 6.86. The molecule has 1 aromatic carbocycles. The maximum absolute atomic E-state index is 12.6. The lowest BCUT2D eigenvalue weighted by atomic mass is 9.50. The molecule has 0 saturated carbocycles. The molecule has 3 N–H and O–H groups in total. The monoisotopic (exact) mass is 544 g/mol. The van der Waals surface area contributed by atoms with Gasteiger partial charge in [-0.3, -0.25) is 4.79 Å². The van der Waals surface area contributed by atoms with Gasteiger partial charge in [0.15, 0.2) is 17.6 Å². The molecule has 4 aliphatic rings. The summed E-state index contributed by atoms with van der Waals surface area (Å²) in [6.07, 6.45) is 1.86. The minimum Gasteiger partial charge on any atom is -0.493 e. The molecular formula is C28H36N2O9. The summed E-state index contributed by atoms with van der Waals surface area (Å²) in [6, 6.07) is 2.81. The Morgan fingerprint density at radius 3 is 2.74 bits per heavy atom. The Morgan fingerprint density at radius 1 is 1.28 bits per heavy atom. The van der Waals surface area contributed by atoms with Gasteiger partial charge in [0.05, 0.1) is 24.7 Å². The van der Waals surface area contributed by atoms with Gasteiger partial charge in [0, 0.05) is 24.4 Å². The van der Waals surface area contributed by atoms with Crippen LogP contribution < -0.4 is 14.8 Å². The molecule has 0 radical (unpaired) electrons. The van der Waals surface area contributed by atoms with Crippen LogP contribution in [0.25, 0.3) is 0 Å². The number of likely N-dealkylation sites (tertiary alicyclic amines) is 1. The number of carboxylic acids is 1. The van der Waals surface area contributed by atoms with E-state index in [1.807, 2.05) is 19.2 Å². The number of piperidine rings is 1. The summed E-state index contributed by atoms with van der Waals surface area (Å²) in [5, 5.41) is 23.9. The fourth-order valence-corrected chi connectivity index (χ4v) is 6.86. The number of nitrogens with one attached hydrogen (secondary N) is 1. The minimum absolute atomic E-state index is 0.00113. The summed E-state index contributed by atoms with van der Waals surface area (Å²) < 4.78 is 22.9. The number of carbonyl (C=O) groups excluding carboxylic acids is 2. The van der Waals surface area contributed by atoms with Crippen molar-refractivity contribution < 1.29 is 43.5 Å². The predicted molar refractivity (Wildman–Crippen MR) is 138 cm³/mol. The lowest BCUT2D eigenvalue weighted by Crippen LogP contribution is -2.74. The number of ether oxygens (including phenoxy) is 4. The van der Waals surface area contributed by atoms with E-state index in [-0.39, 0.29) is 37.2 Å². The normalized spacial score (nSPS) is 29.0. The Balaban J connectivity index is 1.27. The first-order valence-electron chi connectivity index (χ1n) is 13.4. The van der Waals surface area contributed by atoms with Gasteiger partial charge in [0.1, 0.15) is 11.8 Å². The molecule has 1 spiro atoms. The second kappa shape index (κ2) is 10.0. The SMILES string of the molecule is COc1ccc2c3c1OC1C(OC(=O)OCCCC(=O)NC(C(=O)O)C(C)C)=CCC4(O)C(C2)N(C)CCC314. The smallest absolute Gasteiger partial charge is 0.493 e. The third-order valence-electron chi connectivity index (χ3n) is 8.78. The summed E-state index contributed by atoms with van der Waals surface area (Å²) >= 11 is 0. The van der Waals surface area contributed by atoms with Crippen LogP contribution in [0.4, 0.5) is 4.79 Å². The van der Waals surface area contributed by atoms with Crippen LogP contribution in [0.3, 0.4) is 0 Å². The van der Waals surface area contributed by atoms with Gasteiger partial charge in [-0.05, 0) is 56.5 Å². The summed E-state index contributed by atoms with van der Waals surface area (Å²) in [5.74, 6) is -0.350. The molecule has 11 nitrogen and oxygen atoms in total. The van der Waals surface area contributed by atoms with Gasteiger partial charge in [-0.1, -0.05) is 19.9 Å². The number of nitrogens with zero attached hydrogens (tertiary/aromatic N) is 1. The van der Waals surface area contributed by atoms with Gasteiger partial charge in [0.2, 0.25) is 5.91 Å². The highest BCUT2D eigenvalue weighted by molar-refractivity contribution is 5.83. The van der Waals surface area contributed by atoms with Crippen LogP contribution in [-0.2, 0) is 30.9 Å². The first-order valence-corrected chi connectivity index (χ1v) is 13.4. The van der Waals surface area contributed by atoms with Crippen molar-refractivity contribution in [1.29, 1.82) is 0 Å². The number of aliphatic hydroxyl groups is 1. The van der Waals surface area contributed by atoms with Crippen LogP contribution >= 0.6 is 0 Å². The molecule has 1 amide bonds. The Kier molecular flexibility index (Phi) is 7.00. The van der Waals surface area contributed by atoms with Gasteiger partial charge >= 0.3 is 12.1 Å². The van der Waals surface area contributed by atoms with E-state index in [0.29, 0.717) is 30.8 Å². The number of hydrogen-bond acceptors (Lipinski definition) is 9. The molecule has 2 aliphatic carbocycles. The zero-order chi connectivity index (χ0) is 28.1. The highest BCUT2D eigenvalue weighted by Gasteiger charge is 2.72. The molecule has 2 aliphatic heterocycles. The van der Waals surface area contributed by atoms with Crippen LogP contribution in [-0.4, -0.2) is 84.2 Å². The Labute approximate surface area is 227 Å². The number of likely N-dealkylation sites (N-methyl/N-ethyl adjacent to an activating group) is 1. The molecule has 0 aromatic heterocycles. The van der Waals surface area contributed by atoms with Crippen molar-refractivity contribution in [2.75, 3.05) is 27.3 Å². The summed E-state index contributed by atoms with van der Waals surface area (Å²) in [7, 11) is 3.59. The highest BCUT2D eigenvalue weighted by Crippen LogP contribution is 2.65. The fraction of sp³-hybridized carbons (Fsp3) is 0.607. The van der Waals surface area contributed by atoms with E-state index in [9.17, 15) is 24.6 Å². The van der Waals surface area contributed by atoms with Gasteiger partial charge in [-0.2, -0.15) is 0 Å². The van der Waals surface area contributed by atoms with Crippen molar-refractivity contribution in [3.8, 4) is 11.5 Å². The van der Waals surface area contributed by atoms with E-state index < -0.39 is 41.2 Å². The van der Waals surface area contributed by atoms with Gasteiger partial charge < -0.3 is 39.4 Å². The third-order valence-corrected chi connectivity index (χ3v) is 8.78. The summed E-state index contributed by atoms with van der Waals surface area (Å²) in [5.41, 5.74) is 0.136. The first kappa shape index (κ1) is 27.3. The molecule has 1 saturated heterocycles. The van der Waals surface area contributed by atoms with E-state index in [4.69, 9.17) is 18.9 Å². The van der Waals surface area contributed by atoms with E-state index in [1.54, 1.807) is 27.0 Å². The maximum Gasteiger partial charge on any atom is 0.513 e. The Bertz CT molecular complexity index is 1210. The maximum atomic E-state index is 12.6. The molecule has 5 unspecified atom stereocenters. The number of aliphatic carboxylic acids is 1. The highest BCUT2D eigenvalue weighted by atomic mass is 16.7. The topological polar surface area (TPSA) is 144 Å². The molecule has 1 fully saturated rings. The molecule has 5 atom stereocenters. The van der Waals surface area contributed by atoms with E-state index in [1.165, 1.54) is 0 Å². The molecular weight excluding hydrogens is 508 g/mol. The molecule has 2 heterocycles. The number of hydrogen-bond donors (Lipinski definition) is 3. The van der Waals surface area contributed by atoms with Crippen LogP contribution in [0.1, 0.15) is 50.7 Å². The van der Waals surface area contributed by atoms with Crippen molar-refractivity contribution in [3.05, 3.63) is 35.1 Å². The predicted octanol–water partition coefficient (Wildman–Crippen LogP) is 2.13. The quantitative estimate of drug-likeness (QED) is 0.312. The summed E-state index contributed by atoms with van der Waals surface area (Å²) in [6.45, 7) is 4.09. The summed E-state index contributed by atoms with van der Waals surface area (Å²) in [4.78, 5) is 38.2. The number of carboxylic acid groups (broad SMARTS) is 1. The average molecular weight is 545 g/mol. The van der Waals surface area contributed by atoms with Crippen molar-refractivity contribution in [2.24, 2.45) is 5.92 Å². The zero-order valence-electron chi connectivity index (χ0n) is 22.7. The molecule has 39 heavy (non-hydrogen) atoms. The lowest BCUT2D eigenvalue weighted by Gasteiger charge is -2.61. The van der Waals surface area contributed by atoms with Gasteiger partial charge in [-0.15, -0.1) is 0 Å². The van der Waals surface area contributed by atoms with E-state index in [2.05, 4.69) is 10.2 Å². The Hall–Kier alpha value is -3.31. The number of benzene rings is 1. The largest absolute Gasteiger partial charge is 0.513 e. The number of amides is 1. The molecule has 11 heteroatoms. The van der Waals surface area contributed by atoms with Gasteiger partial charge in [-0.25, -0.2) is 9.59 Å². The second-order valence-electron chi connectivity index (χ2n) is 11.2. The third kappa shape index (κ3) is 4.22. The molecule has 212 valence electrons. The van der Waals surface area contributed by atoms with Crippen LogP contribution in [0, 0.1) is 5.92 Å². The second-order valence-corrected chi connectivity index (χ2v) is 11.2. The standard InChI is InChI=1S/C28H36N2O9/c1-15(2)22(25(32)33)29-20(31)6-5-13-37-26(34)38-18-9-10-28(35)19-14-16-7-8-17(36-4)23-21(16)27(28,24(18)39-23)11-12-30(19)3/h7-9,15,19,22,24,35H,5-6,10-14H2,1-4H3,(H,29,31)(H,32,33). The average Bonchev–Trinajstić information content (AvgIpc) is 3.24. The van der Waals surface area contributed by atoms with Crippen molar-refractivity contribution in [1.82, 2.24) is 10.2 Å². The Morgan fingerprint density at radius 2 is 2.05 bits per heavy atom. The number of carbonyl (C=O) groups is 3.